The van der Waals surface area contributed by atoms with Crippen LogP contribution >= 0.6 is 11.6 Å². The molecule has 2 aromatic carbocycles. The van der Waals surface area contributed by atoms with Gasteiger partial charge >= 0.3 is 0 Å². The average molecular weight is 286 g/mol. The van der Waals surface area contributed by atoms with Crippen LogP contribution in [-0.4, -0.2) is 6.04 Å². The summed E-state index contributed by atoms with van der Waals surface area (Å²) in [6, 6.07) is 15.4. The monoisotopic (exact) mass is 285 g/mol. The van der Waals surface area contributed by atoms with Gasteiger partial charge in [-0.3, -0.25) is 0 Å². The molecule has 0 amide bonds. The van der Waals surface area contributed by atoms with Crippen molar-refractivity contribution in [2.45, 2.75) is 38.6 Å². The Bertz CT molecular complexity index is 615. The molecular weight excluding hydrogens is 266 g/mol. The molecule has 0 radical (unpaired) electrons. The molecule has 0 spiro atoms. The van der Waals surface area contributed by atoms with Gasteiger partial charge in [0, 0.05) is 16.8 Å². The highest BCUT2D eigenvalue weighted by Gasteiger charge is 2.30. The van der Waals surface area contributed by atoms with Crippen molar-refractivity contribution < 1.29 is 0 Å². The topological polar surface area (TPSA) is 12.0 Å². The predicted octanol–water partition coefficient (Wildman–Crippen LogP) is 5.31. The minimum atomic E-state index is 0.584. The van der Waals surface area contributed by atoms with Gasteiger partial charge in [0.1, 0.15) is 0 Å². The van der Waals surface area contributed by atoms with Crippen LogP contribution in [0.5, 0.6) is 0 Å². The Hall–Kier alpha value is -1.47. The van der Waals surface area contributed by atoms with Crippen molar-refractivity contribution in [1.29, 1.82) is 0 Å². The number of halogens is 1. The van der Waals surface area contributed by atoms with E-state index in [1.165, 1.54) is 35.2 Å². The summed E-state index contributed by atoms with van der Waals surface area (Å²) in [7, 11) is 0. The van der Waals surface area contributed by atoms with Crippen LogP contribution in [0.2, 0.25) is 5.02 Å². The summed E-state index contributed by atoms with van der Waals surface area (Å²) in [5.74, 6) is 0.650. The van der Waals surface area contributed by atoms with Crippen molar-refractivity contribution in [2.24, 2.45) is 0 Å². The van der Waals surface area contributed by atoms with Gasteiger partial charge in [0.15, 0.2) is 0 Å². The van der Waals surface area contributed by atoms with Crippen molar-refractivity contribution in [3.63, 3.8) is 0 Å². The SMILES string of the molecule is Cc1ccc(NC2CC(c3cccc(Cl)c3)C2)c(C)c1. The molecule has 1 fully saturated rings. The van der Waals surface area contributed by atoms with E-state index in [-0.39, 0.29) is 0 Å². The molecule has 0 aliphatic heterocycles. The summed E-state index contributed by atoms with van der Waals surface area (Å²) in [6.07, 6.45) is 2.38. The summed E-state index contributed by atoms with van der Waals surface area (Å²) in [5, 5.41) is 4.50. The summed E-state index contributed by atoms with van der Waals surface area (Å²) in [4.78, 5) is 0. The molecule has 0 unspecified atom stereocenters. The molecule has 0 bridgehead atoms. The fourth-order valence-corrected chi connectivity index (χ4v) is 3.16. The van der Waals surface area contributed by atoms with E-state index in [1.807, 2.05) is 12.1 Å². The van der Waals surface area contributed by atoms with Crippen molar-refractivity contribution in [2.75, 3.05) is 5.32 Å². The number of aryl methyl sites for hydroxylation is 2. The summed E-state index contributed by atoms with van der Waals surface area (Å²) in [6.45, 7) is 4.30. The molecule has 1 aliphatic rings. The average Bonchev–Trinajstić information content (AvgIpc) is 2.35. The molecule has 2 aromatic rings. The van der Waals surface area contributed by atoms with Gasteiger partial charge in [0.2, 0.25) is 0 Å². The van der Waals surface area contributed by atoms with E-state index >= 15 is 0 Å². The standard InChI is InChI=1S/C18H20ClN/c1-12-6-7-18(13(2)8-12)20-17-10-15(11-17)14-4-3-5-16(19)9-14/h3-9,15,17,20H,10-11H2,1-2H3. The van der Waals surface area contributed by atoms with Gasteiger partial charge in [-0.15, -0.1) is 0 Å². The quantitative estimate of drug-likeness (QED) is 0.805. The lowest BCUT2D eigenvalue weighted by Crippen LogP contribution is -2.34. The van der Waals surface area contributed by atoms with E-state index in [4.69, 9.17) is 11.6 Å². The molecule has 1 aliphatic carbocycles. The highest BCUT2D eigenvalue weighted by molar-refractivity contribution is 6.30. The van der Waals surface area contributed by atoms with Crippen LogP contribution in [0.3, 0.4) is 0 Å². The van der Waals surface area contributed by atoms with E-state index in [0.29, 0.717) is 12.0 Å². The van der Waals surface area contributed by atoms with Crippen LogP contribution in [0.1, 0.15) is 35.4 Å². The molecule has 104 valence electrons. The lowest BCUT2D eigenvalue weighted by Gasteiger charge is -2.37. The van der Waals surface area contributed by atoms with Crippen molar-refractivity contribution >= 4 is 17.3 Å². The predicted molar refractivity (Wildman–Crippen MR) is 86.8 cm³/mol. The van der Waals surface area contributed by atoms with Crippen LogP contribution < -0.4 is 5.32 Å². The van der Waals surface area contributed by atoms with Gasteiger partial charge in [-0.1, -0.05) is 41.4 Å². The van der Waals surface area contributed by atoms with Crippen LogP contribution in [-0.2, 0) is 0 Å². The van der Waals surface area contributed by atoms with Gasteiger partial charge in [0.05, 0.1) is 0 Å². The van der Waals surface area contributed by atoms with Gasteiger partial charge in [-0.05, 0) is 61.9 Å². The second kappa shape index (κ2) is 5.49. The highest BCUT2D eigenvalue weighted by Crippen LogP contribution is 2.39. The Morgan fingerprint density at radius 2 is 1.85 bits per heavy atom. The largest absolute Gasteiger partial charge is 0.382 e. The Balaban J connectivity index is 1.61. The number of rotatable bonds is 3. The number of nitrogens with one attached hydrogen (secondary N) is 1. The number of hydrogen-bond donors (Lipinski definition) is 1. The van der Waals surface area contributed by atoms with Crippen LogP contribution in [0.4, 0.5) is 5.69 Å². The zero-order chi connectivity index (χ0) is 14.1. The lowest BCUT2D eigenvalue weighted by atomic mass is 9.76. The molecule has 0 heterocycles. The summed E-state index contributed by atoms with van der Waals surface area (Å²) < 4.78 is 0. The van der Waals surface area contributed by atoms with Gasteiger partial charge in [-0.25, -0.2) is 0 Å². The number of benzene rings is 2. The van der Waals surface area contributed by atoms with E-state index < -0.39 is 0 Å². The smallest absolute Gasteiger partial charge is 0.0408 e. The first-order valence-corrected chi connectivity index (χ1v) is 7.59. The van der Waals surface area contributed by atoms with Crippen LogP contribution in [0.15, 0.2) is 42.5 Å². The van der Waals surface area contributed by atoms with Gasteiger partial charge in [-0.2, -0.15) is 0 Å². The number of hydrogen-bond acceptors (Lipinski definition) is 1. The molecular formula is C18H20ClN. The molecule has 1 saturated carbocycles. The lowest BCUT2D eigenvalue weighted by molar-refractivity contribution is 0.374. The first-order chi connectivity index (χ1) is 9.61. The fourth-order valence-electron chi connectivity index (χ4n) is 2.96. The third kappa shape index (κ3) is 2.83. The maximum absolute atomic E-state index is 6.06. The Kier molecular flexibility index (Phi) is 3.71. The van der Waals surface area contributed by atoms with Crippen LogP contribution in [0, 0.1) is 13.8 Å². The molecule has 0 saturated heterocycles. The van der Waals surface area contributed by atoms with Crippen LogP contribution in [0.25, 0.3) is 0 Å². The zero-order valence-corrected chi connectivity index (χ0v) is 12.7. The van der Waals surface area contributed by atoms with E-state index in [9.17, 15) is 0 Å². The Labute approximate surface area is 126 Å². The second-order valence-corrected chi connectivity index (χ2v) is 6.32. The fraction of sp³-hybridized carbons (Fsp3) is 0.333. The summed E-state index contributed by atoms with van der Waals surface area (Å²) in [5.41, 5.74) is 5.29. The van der Waals surface area contributed by atoms with E-state index in [0.717, 1.165) is 5.02 Å². The van der Waals surface area contributed by atoms with E-state index in [2.05, 4.69) is 49.5 Å². The third-order valence-electron chi connectivity index (χ3n) is 4.20. The maximum Gasteiger partial charge on any atom is 0.0408 e. The second-order valence-electron chi connectivity index (χ2n) is 5.88. The van der Waals surface area contributed by atoms with Crippen molar-refractivity contribution in [3.8, 4) is 0 Å². The maximum atomic E-state index is 6.06. The third-order valence-corrected chi connectivity index (χ3v) is 4.43. The first kappa shape index (κ1) is 13.5. The summed E-state index contributed by atoms with van der Waals surface area (Å²) >= 11 is 6.06. The molecule has 1 N–H and O–H groups in total. The van der Waals surface area contributed by atoms with Crippen molar-refractivity contribution in [3.05, 3.63) is 64.2 Å². The first-order valence-electron chi connectivity index (χ1n) is 7.21. The van der Waals surface area contributed by atoms with Crippen molar-refractivity contribution in [1.82, 2.24) is 0 Å². The van der Waals surface area contributed by atoms with Gasteiger partial charge < -0.3 is 5.32 Å². The molecule has 2 heteroatoms. The van der Waals surface area contributed by atoms with E-state index in [1.54, 1.807) is 0 Å². The zero-order valence-electron chi connectivity index (χ0n) is 12.0. The Morgan fingerprint density at radius 3 is 2.55 bits per heavy atom. The molecule has 3 rings (SSSR count). The highest BCUT2D eigenvalue weighted by atomic mass is 35.5. The normalized spacial score (nSPS) is 21.4. The molecule has 20 heavy (non-hydrogen) atoms. The molecule has 0 atom stereocenters. The minimum absolute atomic E-state index is 0.584. The minimum Gasteiger partial charge on any atom is -0.382 e. The molecule has 0 aromatic heterocycles. The molecule has 1 nitrogen and oxygen atoms in total. The van der Waals surface area contributed by atoms with Gasteiger partial charge in [0.25, 0.3) is 0 Å². The Morgan fingerprint density at radius 1 is 1.05 bits per heavy atom. The number of anilines is 1.